The van der Waals surface area contributed by atoms with Crippen LogP contribution in [0.15, 0.2) is 24.3 Å². The molecule has 0 aliphatic heterocycles. The van der Waals surface area contributed by atoms with Crippen molar-refractivity contribution in [2.24, 2.45) is 5.73 Å². The number of nitrogens with one attached hydrogen (secondary N) is 1. The van der Waals surface area contributed by atoms with Crippen molar-refractivity contribution in [2.75, 3.05) is 13.1 Å². The minimum Gasteiger partial charge on any atom is -0.329 e. The number of hydrogen-bond acceptors (Lipinski definition) is 2. The second kappa shape index (κ2) is 5.29. The molecular weight excluding hydrogens is 184 g/mol. The van der Waals surface area contributed by atoms with Crippen LogP contribution in [0, 0.1) is 6.92 Å². The highest BCUT2D eigenvalue weighted by Crippen LogP contribution is 2.04. The molecule has 2 nitrogen and oxygen atoms in total. The lowest BCUT2D eigenvalue weighted by Gasteiger charge is -2.24. The van der Waals surface area contributed by atoms with Crippen LogP contribution in [-0.4, -0.2) is 18.6 Å². The van der Waals surface area contributed by atoms with Gasteiger partial charge < -0.3 is 11.1 Å². The van der Waals surface area contributed by atoms with Crippen LogP contribution in [0.2, 0.25) is 0 Å². The molecule has 0 bridgehead atoms. The molecule has 15 heavy (non-hydrogen) atoms. The maximum Gasteiger partial charge on any atom is 0.0247 e. The first kappa shape index (κ1) is 12.2. The summed E-state index contributed by atoms with van der Waals surface area (Å²) < 4.78 is 0. The maximum absolute atomic E-state index is 5.64. The molecule has 0 saturated heterocycles. The second-order valence-electron chi connectivity index (χ2n) is 4.75. The molecule has 0 radical (unpaired) electrons. The standard InChI is InChI=1S/C13H22N2/c1-11-4-6-12(7-5-11)8-9-15-13(2,3)10-14/h4-7,15H,8-10,14H2,1-3H3. The Bertz CT molecular complexity index is 288. The molecular formula is C13H22N2. The summed E-state index contributed by atoms with van der Waals surface area (Å²) in [5.74, 6) is 0. The molecule has 0 aromatic heterocycles. The molecule has 1 aromatic carbocycles. The molecule has 0 aliphatic carbocycles. The van der Waals surface area contributed by atoms with Crippen molar-refractivity contribution in [1.29, 1.82) is 0 Å². The smallest absolute Gasteiger partial charge is 0.0247 e. The maximum atomic E-state index is 5.64. The monoisotopic (exact) mass is 206 g/mol. The van der Waals surface area contributed by atoms with Gasteiger partial charge in [-0.25, -0.2) is 0 Å². The molecule has 2 heteroatoms. The summed E-state index contributed by atoms with van der Waals surface area (Å²) in [6.07, 6.45) is 1.06. The Hall–Kier alpha value is -0.860. The lowest BCUT2D eigenvalue weighted by Crippen LogP contribution is -2.46. The minimum absolute atomic E-state index is 0.0463. The van der Waals surface area contributed by atoms with Crippen LogP contribution in [0.3, 0.4) is 0 Å². The van der Waals surface area contributed by atoms with E-state index in [2.05, 4.69) is 50.4 Å². The van der Waals surface area contributed by atoms with Crippen LogP contribution in [0.25, 0.3) is 0 Å². The van der Waals surface area contributed by atoms with Crippen LogP contribution in [0.5, 0.6) is 0 Å². The van der Waals surface area contributed by atoms with E-state index in [0.717, 1.165) is 13.0 Å². The lowest BCUT2D eigenvalue weighted by atomic mass is 10.1. The molecule has 0 aliphatic rings. The van der Waals surface area contributed by atoms with Gasteiger partial charge in [-0.3, -0.25) is 0 Å². The summed E-state index contributed by atoms with van der Waals surface area (Å²) in [6, 6.07) is 8.69. The Morgan fingerprint density at radius 3 is 2.33 bits per heavy atom. The normalized spacial score (nSPS) is 11.7. The first-order valence-electron chi connectivity index (χ1n) is 5.54. The average molecular weight is 206 g/mol. The summed E-state index contributed by atoms with van der Waals surface area (Å²) in [7, 11) is 0. The van der Waals surface area contributed by atoms with Gasteiger partial charge in [0.2, 0.25) is 0 Å². The summed E-state index contributed by atoms with van der Waals surface area (Å²) in [5.41, 5.74) is 8.38. The van der Waals surface area contributed by atoms with Crippen molar-refractivity contribution in [2.45, 2.75) is 32.7 Å². The van der Waals surface area contributed by atoms with E-state index < -0.39 is 0 Å². The Kier molecular flexibility index (Phi) is 4.30. The largest absolute Gasteiger partial charge is 0.329 e. The Balaban J connectivity index is 2.35. The number of benzene rings is 1. The van der Waals surface area contributed by atoms with Gasteiger partial charge in [0.15, 0.2) is 0 Å². The van der Waals surface area contributed by atoms with E-state index >= 15 is 0 Å². The van der Waals surface area contributed by atoms with Gasteiger partial charge in [-0.15, -0.1) is 0 Å². The average Bonchev–Trinajstić information content (AvgIpc) is 2.21. The zero-order valence-corrected chi connectivity index (χ0v) is 10.0. The molecule has 0 saturated carbocycles. The van der Waals surface area contributed by atoms with E-state index in [0.29, 0.717) is 6.54 Å². The predicted molar refractivity (Wildman–Crippen MR) is 66.0 cm³/mol. The van der Waals surface area contributed by atoms with Gasteiger partial charge in [-0.1, -0.05) is 29.8 Å². The highest BCUT2D eigenvalue weighted by atomic mass is 15.0. The fraction of sp³-hybridized carbons (Fsp3) is 0.538. The van der Waals surface area contributed by atoms with Gasteiger partial charge in [-0.2, -0.15) is 0 Å². The van der Waals surface area contributed by atoms with Crippen molar-refractivity contribution in [3.63, 3.8) is 0 Å². The van der Waals surface area contributed by atoms with Crippen LogP contribution in [0.1, 0.15) is 25.0 Å². The van der Waals surface area contributed by atoms with E-state index in [9.17, 15) is 0 Å². The molecule has 84 valence electrons. The molecule has 0 heterocycles. The fourth-order valence-electron chi connectivity index (χ4n) is 1.37. The first-order chi connectivity index (χ1) is 7.03. The quantitative estimate of drug-likeness (QED) is 0.772. The van der Waals surface area contributed by atoms with E-state index in [-0.39, 0.29) is 5.54 Å². The molecule has 0 spiro atoms. The summed E-state index contributed by atoms with van der Waals surface area (Å²) in [5, 5.41) is 3.45. The van der Waals surface area contributed by atoms with Gasteiger partial charge in [0.05, 0.1) is 0 Å². The van der Waals surface area contributed by atoms with E-state index in [4.69, 9.17) is 5.73 Å². The third kappa shape index (κ3) is 4.45. The Labute approximate surface area is 92.9 Å². The first-order valence-corrected chi connectivity index (χ1v) is 5.54. The predicted octanol–water partition coefficient (Wildman–Crippen LogP) is 1.86. The van der Waals surface area contributed by atoms with Gasteiger partial charge >= 0.3 is 0 Å². The van der Waals surface area contributed by atoms with Crippen molar-refractivity contribution < 1.29 is 0 Å². The molecule has 1 aromatic rings. The topological polar surface area (TPSA) is 38.0 Å². The molecule has 0 amide bonds. The molecule has 0 atom stereocenters. The van der Waals surface area contributed by atoms with E-state index in [1.54, 1.807) is 0 Å². The molecule has 1 rings (SSSR count). The molecule has 0 fully saturated rings. The highest BCUT2D eigenvalue weighted by Gasteiger charge is 2.12. The van der Waals surface area contributed by atoms with Crippen LogP contribution >= 0.6 is 0 Å². The zero-order chi connectivity index (χ0) is 11.3. The zero-order valence-electron chi connectivity index (χ0n) is 10.0. The van der Waals surface area contributed by atoms with Crippen LogP contribution in [-0.2, 0) is 6.42 Å². The molecule has 0 unspecified atom stereocenters. The number of nitrogens with two attached hydrogens (primary N) is 1. The van der Waals surface area contributed by atoms with Gasteiger partial charge in [0, 0.05) is 12.1 Å². The van der Waals surface area contributed by atoms with Crippen molar-refractivity contribution in [3.8, 4) is 0 Å². The van der Waals surface area contributed by atoms with Gasteiger partial charge in [-0.05, 0) is 39.3 Å². The Morgan fingerprint density at radius 2 is 1.80 bits per heavy atom. The van der Waals surface area contributed by atoms with Crippen molar-refractivity contribution in [3.05, 3.63) is 35.4 Å². The number of hydrogen-bond donors (Lipinski definition) is 2. The van der Waals surface area contributed by atoms with E-state index in [1.165, 1.54) is 11.1 Å². The third-order valence-corrected chi connectivity index (χ3v) is 2.65. The number of aryl methyl sites for hydroxylation is 1. The highest BCUT2D eigenvalue weighted by molar-refractivity contribution is 5.21. The fourth-order valence-corrected chi connectivity index (χ4v) is 1.37. The second-order valence-corrected chi connectivity index (χ2v) is 4.75. The summed E-state index contributed by atoms with van der Waals surface area (Å²) in [4.78, 5) is 0. The number of rotatable bonds is 5. The summed E-state index contributed by atoms with van der Waals surface area (Å²) >= 11 is 0. The SMILES string of the molecule is Cc1ccc(CCNC(C)(C)CN)cc1. The van der Waals surface area contributed by atoms with Crippen LogP contribution < -0.4 is 11.1 Å². The summed E-state index contributed by atoms with van der Waals surface area (Å²) in [6.45, 7) is 8.01. The van der Waals surface area contributed by atoms with Crippen molar-refractivity contribution in [1.82, 2.24) is 5.32 Å². The van der Waals surface area contributed by atoms with Crippen LogP contribution in [0.4, 0.5) is 0 Å². The van der Waals surface area contributed by atoms with Crippen molar-refractivity contribution >= 4 is 0 Å². The lowest BCUT2D eigenvalue weighted by molar-refractivity contribution is 0.402. The third-order valence-electron chi connectivity index (χ3n) is 2.65. The van der Waals surface area contributed by atoms with E-state index in [1.807, 2.05) is 0 Å². The Morgan fingerprint density at radius 1 is 1.20 bits per heavy atom. The molecule has 3 N–H and O–H groups in total. The van der Waals surface area contributed by atoms with Gasteiger partial charge in [0.25, 0.3) is 0 Å². The minimum atomic E-state index is 0.0463. The van der Waals surface area contributed by atoms with Gasteiger partial charge in [0.1, 0.15) is 0 Å².